The second-order valence-electron chi connectivity index (χ2n) is 6.15. The molecule has 0 bridgehead atoms. The highest BCUT2D eigenvalue weighted by Gasteiger charge is 2.12. The van der Waals surface area contributed by atoms with Crippen molar-refractivity contribution >= 4 is 44.7 Å². The Kier molecular flexibility index (Phi) is 5.25. The molecule has 25 heavy (non-hydrogen) atoms. The molecule has 0 spiro atoms. The number of nitrogens with zero attached hydrogens (tertiary/aromatic N) is 1. The number of aryl methyl sites for hydroxylation is 1. The second kappa shape index (κ2) is 7.42. The highest BCUT2D eigenvalue weighted by molar-refractivity contribution is 7.16. The third kappa shape index (κ3) is 3.94. The van der Waals surface area contributed by atoms with Gasteiger partial charge >= 0.3 is 4.87 Å². The molecule has 0 saturated carbocycles. The molecule has 130 valence electrons. The summed E-state index contributed by atoms with van der Waals surface area (Å²) in [5.74, 6) is -0.0742. The Morgan fingerprint density at radius 3 is 2.72 bits per heavy atom. The molecule has 0 aliphatic heterocycles. The number of anilines is 1. The summed E-state index contributed by atoms with van der Waals surface area (Å²) in [5, 5.41) is 3.57. The predicted molar refractivity (Wildman–Crippen MR) is 105 cm³/mol. The Morgan fingerprint density at radius 2 is 2.00 bits per heavy atom. The number of fused-ring (bicyclic) bond motifs is 1. The maximum absolute atomic E-state index is 12.2. The van der Waals surface area contributed by atoms with Gasteiger partial charge in [-0.05, 0) is 50.1 Å². The number of carbonyl (C=O) groups is 1. The summed E-state index contributed by atoms with van der Waals surface area (Å²) in [7, 11) is 0. The van der Waals surface area contributed by atoms with Gasteiger partial charge in [0.25, 0.3) is 0 Å². The SMILES string of the molecule is CC(C)n1c(=O)sc2cc(NC(=O)CCc3ccccc3Cl)ccc21. The lowest BCUT2D eigenvalue weighted by Gasteiger charge is -2.09. The van der Waals surface area contributed by atoms with Crippen molar-refractivity contribution in [3.8, 4) is 0 Å². The molecule has 3 aromatic rings. The van der Waals surface area contributed by atoms with Crippen LogP contribution in [-0.4, -0.2) is 10.5 Å². The molecule has 2 aromatic carbocycles. The largest absolute Gasteiger partial charge is 0.326 e. The highest BCUT2D eigenvalue weighted by Crippen LogP contribution is 2.24. The average Bonchev–Trinajstić information content (AvgIpc) is 2.89. The predicted octanol–water partition coefficient (Wildman–Crippen LogP) is 4.87. The summed E-state index contributed by atoms with van der Waals surface area (Å²) in [4.78, 5) is 24.3. The molecule has 1 aromatic heterocycles. The van der Waals surface area contributed by atoms with E-state index in [1.165, 1.54) is 11.3 Å². The number of amides is 1. The van der Waals surface area contributed by atoms with Crippen molar-refractivity contribution in [2.45, 2.75) is 32.7 Å². The van der Waals surface area contributed by atoms with E-state index in [9.17, 15) is 9.59 Å². The molecule has 0 radical (unpaired) electrons. The summed E-state index contributed by atoms with van der Waals surface area (Å²) in [6.45, 7) is 3.97. The number of benzene rings is 2. The van der Waals surface area contributed by atoms with Crippen LogP contribution in [0.3, 0.4) is 0 Å². The molecule has 0 atom stereocenters. The van der Waals surface area contributed by atoms with Crippen molar-refractivity contribution in [1.29, 1.82) is 0 Å². The molecule has 0 saturated heterocycles. The van der Waals surface area contributed by atoms with Gasteiger partial charge in [-0.2, -0.15) is 0 Å². The van der Waals surface area contributed by atoms with Gasteiger partial charge in [-0.1, -0.05) is 41.1 Å². The molecule has 1 N–H and O–H groups in total. The molecule has 1 amide bonds. The Hall–Kier alpha value is -2.11. The highest BCUT2D eigenvalue weighted by atomic mass is 35.5. The molecule has 6 heteroatoms. The Morgan fingerprint density at radius 1 is 1.24 bits per heavy atom. The number of nitrogens with one attached hydrogen (secondary N) is 1. The van der Waals surface area contributed by atoms with E-state index in [0.29, 0.717) is 23.6 Å². The molecular formula is C19H19ClN2O2S. The van der Waals surface area contributed by atoms with E-state index in [1.807, 2.05) is 56.3 Å². The molecule has 4 nitrogen and oxygen atoms in total. The first-order valence-corrected chi connectivity index (χ1v) is 9.33. The number of halogens is 1. The second-order valence-corrected chi connectivity index (χ2v) is 7.55. The van der Waals surface area contributed by atoms with Crippen LogP contribution < -0.4 is 10.2 Å². The van der Waals surface area contributed by atoms with Crippen LogP contribution in [0, 0.1) is 0 Å². The zero-order valence-electron chi connectivity index (χ0n) is 14.1. The van der Waals surface area contributed by atoms with Gasteiger partial charge in [0.05, 0.1) is 10.2 Å². The summed E-state index contributed by atoms with van der Waals surface area (Å²) in [5.41, 5.74) is 2.56. The van der Waals surface area contributed by atoms with E-state index in [4.69, 9.17) is 11.6 Å². The Labute approximate surface area is 155 Å². The first kappa shape index (κ1) is 17.7. The van der Waals surface area contributed by atoms with Crippen molar-refractivity contribution in [3.05, 3.63) is 62.7 Å². The molecule has 0 aliphatic rings. The lowest BCUT2D eigenvalue weighted by Crippen LogP contribution is -2.14. The van der Waals surface area contributed by atoms with Gasteiger partial charge in [0.1, 0.15) is 0 Å². The van der Waals surface area contributed by atoms with Crippen LogP contribution in [-0.2, 0) is 11.2 Å². The molecule has 1 heterocycles. The quantitative estimate of drug-likeness (QED) is 0.692. The summed E-state index contributed by atoms with van der Waals surface area (Å²) < 4.78 is 2.64. The summed E-state index contributed by atoms with van der Waals surface area (Å²) in [6.07, 6.45) is 0.940. The van der Waals surface area contributed by atoms with E-state index < -0.39 is 0 Å². The van der Waals surface area contributed by atoms with Crippen molar-refractivity contribution in [1.82, 2.24) is 4.57 Å². The fraction of sp³-hybridized carbons (Fsp3) is 0.263. The lowest BCUT2D eigenvalue weighted by molar-refractivity contribution is -0.116. The van der Waals surface area contributed by atoms with Gasteiger partial charge in [-0.3, -0.25) is 14.2 Å². The standard InChI is InChI=1S/C19H19ClN2O2S/c1-12(2)22-16-9-8-14(11-17(16)25-19(22)24)21-18(23)10-7-13-5-3-4-6-15(13)20/h3-6,8-9,11-12H,7,10H2,1-2H3,(H,21,23). The van der Waals surface area contributed by atoms with Crippen molar-refractivity contribution in [3.63, 3.8) is 0 Å². The first-order chi connectivity index (χ1) is 12.0. The van der Waals surface area contributed by atoms with Crippen LogP contribution in [0.25, 0.3) is 10.2 Å². The summed E-state index contributed by atoms with van der Waals surface area (Å²) in [6, 6.07) is 13.2. The smallest absolute Gasteiger partial charge is 0.308 e. The normalized spacial score (nSPS) is 11.2. The topological polar surface area (TPSA) is 51.1 Å². The minimum Gasteiger partial charge on any atom is -0.326 e. The maximum atomic E-state index is 12.2. The van der Waals surface area contributed by atoms with Crippen LogP contribution in [0.2, 0.25) is 5.02 Å². The van der Waals surface area contributed by atoms with E-state index >= 15 is 0 Å². The Balaban J connectivity index is 1.71. The fourth-order valence-electron chi connectivity index (χ4n) is 2.78. The van der Waals surface area contributed by atoms with Gasteiger partial charge in [0, 0.05) is 23.2 Å². The van der Waals surface area contributed by atoms with Gasteiger partial charge in [-0.25, -0.2) is 0 Å². The van der Waals surface area contributed by atoms with Crippen LogP contribution in [0.15, 0.2) is 47.3 Å². The Bertz CT molecular complexity index is 975. The number of carbonyl (C=O) groups excluding carboxylic acids is 1. The number of thiazole rings is 1. The molecule has 0 fully saturated rings. The number of aromatic nitrogens is 1. The van der Waals surface area contributed by atoms with Gasteiger partial charge in [0.2, 0.25) is 5.91 Å². The van der Waals surface area contributed by atoms with Crippen molar-refractivity contribution < 1.29 is 4.79 Å². The molecule has 0 unspecified atom stereocenters. The third-order valence-corrected chi connectivity index (χ3v) is 5.28. The molecular weight excluding hydrogens is 356 g/mol. The van der Waals surface area contributed by atoms with E-state index in [-0.39, 0.29) is 16.8 Å². The average molecular weight is 375 g/mol. The van der Waals surface area contributed by atoms with E-state index in [2.05, 4.69) is 5.32 Å². The van der Waals surface area contributed by atoms with Crippen LogP contribution in [0.1, 0.15) is 31.9 Å². The fourth-order valence-corrected chi connectivity index (χ4v) is 4.06. The van der Waals surface area contributed by atoms with E-state index in [0.717, 1.165) is 15.8 Å². The monoisotopic (exact) mass is 374 g/mol. The first-order valence-electron chi connectivity index (χ1n) is 8.14. The van der Waals surface area contributed by atoms with Crippen LogP contribution in [0.5, 0.6) is 0 Å². The minimum absolute atomic E-state index is 0.0206. The maximum Gasteiger partial charge on any atom is 0.308 e. The third-order valence-electron chi connectivity index (χ3n) is 3.99. The van der Waals surface area contributed by atoms with Gasteiger partial charge in [-0.15, -0.1) is 0 Å². The molecule has 0 aliphatic carbocycles. The minimum atomic E-state index is -0.0742. The molecule has 3 rings (SSSR count). The van der Waals surface area contributed by atoms with Gasteiger partial charge in [0.15, 0.2) is 0 Å². The zero-order valence-corrected chi connectivity index (χ0v) is 15.7. The van der Waals surface area contributed by atoms with Crippen LogP contribution in [0.4, 0.5) is 5.69 Å². The van der Waals surface area contributed by atoms with Crippen molar-refractivity contribution in [2.75, 3.05) is 5.32 Å². The number of hydrogen-bond acceptors (Lipinski definition) is 3. The zero-order chi connectivity index (χ0) is 18.0. The number of rotatable bonds is 5. The summed E-state index contributed by atoms with van der Waals surface area (Å²) >= 11 is 7.31. The van der Waals surface area contributed by atoms with Crippen molar-refractivity contribution in [2.24, 2.45) is 0 Å². The van der Waals surface area contributed by atoms with E-state index in [1.54, 1.807) is 4.57 Å². The van der Waals surface area contributed by atoms with Crippen LogP contribution >= 0.6 is 22.9 Å². The van der Waals surface area contributed by atoms with Gasteiger partial charge < -0.3 is 5.32 Å². The number of hydrogen-bond donors (Lipinski definition) is 1. The lowest BCUT2D eigenvalue weighted by atomic mass is 10.1.